The molecular formula is C13H20. The van der Waals surface area contributed by atoms with Gasteiger partial charge < -0.3 is 0 Å². The standard InChI is InChI=1S/C13H20/c1-5-9-12-13(8-4,10-6-2)11-7-3/h6-12H,4-5H2,1-3H3. The SMILES string of the molecule is C=CC(C=CC)(C=CC)C=CCC. The third kappa shape index (κ3) is 3.93. The van der Waals surface area contributed by atoms with Crippen LogP contribution in [0, 0.1) is 5.41 Å². The van der Waals surface area contributed by atoms with Crippen LogP contribution in [0.1, 0.15) is 27.2 Å². The molecule has 0 N–H and O–H groups in total. The molecule has 0 nitrogen and oxygen atoms in total. The van der Waals surface area contributed by atoms with E-state index in [1.807, 2.05) is 19.9 Å². The van der Waals surface area contributed by atoms with Gasteiger partial charge in [0.2, 0.25) is 0 Å². The summed E-state index contributed by atoms with van der Waals surface area (Å²) in [5.74, 6) is 0. The monoisotopic (exact) mass is 176 g/mol. The van der Waals surface area contributed by atoms with Gasteiger partial charge in [0.05, 0.1) is 0 Å². The van der Waals surface area contributed by atoms with Gasteiger partial charge in [0.25, 0.3) is 0 Å². The zero-order valence-corrected chi connectivity index (χ0v) is 8.96. The molecule has 0 heterocycles. The van der Waals surface area contributed by atoms with Gasteiger partial charge in [0.1, 0.15) is 0 Å². The minimum absolute atomic E-state index is 0.0838. The summed E-state index contributed by atoms with van der Waals surface area (Å²) in [4.78, 5) is 0. The number of rotatable bonds is 5. The third-order valence-corrected chi connectivity index (χ3v) is 1.91. The van der Waals surface area contributed by atoms with E-state index in [4.69, 9.17) is 0 Å². The topological polar surface area (TPSA) is 0 Å². The lowest BCUT2D eigenvalue weighted by atomic mass is 9.86. The second kappa shape index (κ2) is 6.47. The summed E-state index contributed by atoms with van der Waals surface area (Å²) >= 11 is 0. The lowest BCUT2D eigenvalue weighted by Gasteiger charge is -2.17. The van der Waals surface area contributed by atoms with Gasteiger partial charge >= 0.3 is 0 Å². The predicted octanol–water partition coefficient (Wildman–Crippen LogP) is 4.28. The fourth-order valence-corrected chi connectivity index (χ4v) is 1.27. The molecule has 0 atom stereocenters. The fourth-order valence-electron chi connectivity index (χ4n) is 1.27. The van der Waals surface area contributed by atoms with Gasteiger partial charge in [0, 0.05) is 5.41 Å². The highest BCUT2D eigenvalue weighted by Gasteiger charge is 2.13. The first kappa shape index (κ1) is 12.0. The number of allylic oxidation sites excluding steroid dienone is 7. The first-order chi connectivity index (χ1) is 6.24. The van der Waals surface area contributed by atoms with Crippen LogP contribution in [-0.4, -0.2) is 0 Å². The van der Waals surface area contributed by atoms with Crippen molar-refractivity contribution < 1.29 is 0 Å². The molecule has 0 amide bonds. The molecule has 13 heavy (non-hydrogen) atoms. The molecule has 0 aromatic carbocycles. The molecule has 0 aromatic rings. The van der Waals surface area contributed by atoms with E-state index in [0.29, 0.717) is 0 Å². The van der Waals surface area contributed by atoms with Crippen molar-refractivity contribution in [3.63, 3.8) is 0 Å². The second-order valence-corrected chi connectivity index (χ2v) is 3.01. The second-order valence-electron chi connectivity index (χ2n) is 3.01. The van der Waals surface area contributed by atoms with Crippen LogP contribution in [0.4, 0.5) is 0 Å². The van der Waals surface area contributed by atoms with Gasteiger partial charge in [-0.25, -0.2) is 0 Å². The molecule has 0 fully saturated rings. The first-order valence-electron chi connectivity index (χ1n) is 4.83. The van der Waals surface area contributed by atoms with Crippen molar-refractivity contribution in [1.82, 2.24) is 0 Å². The Bertz CT molecular complexity index is 204. The molecule has 0 radical (unpaired) electrons. The van der Waals surface area contributed by atoms with Crippen molar-refractivity contribution in [3.8, 4) is 0 Å². The Balaban J connectivity index is 4.85. The molecule has 0 spiro atoms. The maximum absolute atomic E-state index is 3.87. The number of hydrogen-bond donors (Lipinski definition) is 0. The Hall–Kier alpha value is -1.04. The molecule has 0 saturated carbocycles. The molecule has 0 aliphatic rings. The van der Waals surface area contributed by atoms with Crippen LogP contribution in [0.2, 0.25) is 0 Å². The van der Waals surface area contributed by atoms with E-state index in [1.165, 1.54) is 0 Å². The van der Waals surface area contributed by atoms with E-state index in [1.54, 1.807) is 0 Å². The summed E-state index contributed by atoms with van der Waals surface area (Å²) in [6.07, 6.45) is 15.8. The Morgan fingerprint density at radius 1 is 1.08 bits per heavy atom. The molecule has 0 saturated heterocycles. The quantitative estimate of drug-likeness (QED) is 0.548. The Morgan fingerprint density at radius 3 is 1.92 bits per heavy atom. The van der Waals surface area contributed by atoms with E-state index in [0.717, 1.165) is 6.42 Å². The van der Waals surface area contributed by atoms with Crippen LogP contribution in [0.25, 0.3) is 0 Å². The van der Waals surface area contributed by atoms with E-state index >= 15 is 0 Å². The average molecular weight is 176 g/mol. The van der Waals surface area contributed by atoms with Crippen molar-refractivity contribution >= 4 is 0 Å². The largest absolute Gasteiger partial charge is 0.102 e. The van der Waals surface area contributed by atoms with Crippen LogP contribution in [-0.2, 0) is 0 Å². The highest BCUT2D eigenvalue weighted by atomic mass is 14.2. The molecule has 0 bridgehead atoms. The maximum atomic E-state index is 3.87. The predicted molar refractivity (Wildman–Crippen MR) is 61.7 cm³/mol. The normalized spacial score (nSPS) is 17.2. The Kier molecular flexibility index (Phi) is 5.96. The highest BCUT2D eigenvalue weighted by Crippen LogP contribution is 2.25. The fraction of sp³-hybridized carbons (Fsp3) is 0.385. The van der Waals surface area contributed by atoms with Gasteiger partial charge in [0.15, 0.2) is 0 Å². The van der Waals surface area contributed by atoms with E-state index < -0.39 is 0 Å². The molecule has 0 unspecified atom stereocenters. The van der Waals surface area contributed by atoms with Gasteiger partial charge in [-0.1, -0.05) is 49.5 Å². The van der Waals surface area contributed by atoms with Crippen LogP contribution >= 0.6 is 0 Å². The van der Waals surface area contributed by atoms with Gasteiger partial charge in [-0.15, -0.1) is 6.58 Å². The van der Waals surface area contributed by atoms with Crippen molar-refractivity contribution in [2.24, 2.45) is 5.41 Å². The van der Waals surface area contributed by atoms with Crippen LogP contribution in [0.3, 0.4) is 0 Å². The van der Waals surface area contributed by atoms with Crippen LogP contribution in [0.5, 0.6) is 0 Å². The van der Waals surface area contributed by atoms with Gasteiger partial charge in [-0.05, 0) is 20.3 Å². The zero-order chi connectivity index (χ0) is 10.2. The summed E-state index contributed by atoms with van der Waals surface area (Å²) in [6, 6.07) is 0. The van der Waals surface area contributed by atoms with Crippen molar-refractivity contribution in [2.45, 2.75) is 27.2 Å². The Morgan fingerprint density at radius 2 is 1.62 bits per heavy atom. The molecule has 0 aromatic heterocycles. The summed E-state index contributed by atoms with van der Waals surface area (Å²) < 4.78 is 0. The van der Waals surface area contributed by atoms with Crippen molar-refractivity contribution in [3.05, 3.63) is 49.1 Å². The average Bonchev–Trinajstić information content (AvgIpc) is 2.15. The minimum Gasteiger partial charge on any atom is -0.102 e. The van der Waals surface area contributed by atoms with Crippen LogP contribution < -0.4 is 0 Å². The van der Waals surface area contributed by atoms with E-state index in [9.17, 15) is 0 Å². The Labute approximate surface area is 82.4 Å². The lowest BCUT2D eigenvalue weighted by Crippen LogP contribution is -2.06. The molecular weight excluding hydrogens is 156 g/mol. The van der Waals surface area contributed by atoms with Crippen molar-refractivity contribution in [2.75, 3.05) is 0 Å². The van der Waals surface area contributed by atoms with E-state index in [2.05, 4.69) is 50.0 Å². The molecule has 72 valence electrons. The lowest BCUT2D eigenvalue weighted by molar-refractivity contribution is 0.813. The minimum atomic E-state index is -0.0838. The summed E-state index contributed by atoms with van der Waals surface area (Å²) in [6.45, 7) is 10.1. The molecule has 0 rings (SSSR count). The first-order valence-corrected chi connectivity index (χ1v) is 4.83. The smallest absolute Gasteiger partial charge is 0.0420 e. The number of hydrogen-bond acceptors (Lipinski definition) is 0. The van der Waals surface area contributed by atoms with Gasteiger partial charge in [-0.2, -0.15) is 0 Å². The van der Waals surface area contributed by atoms with Crippen molar-refractivity contribution in [1.29, 1.82) is 0 Å². The zero-order valence-electron chi connectivity index (χ0n) is 8.96. The van der Waals surface area contributed by atoms with Crippen LogP contribution in [0.15, 0.2) is 49.1 Å². The highest BCUT2D eigenvalue weighted by molar-refractivity contribution is 5.27. The molecule has 0 aliphatic carbocycles. The summed E-state index contributed by atoms with van der Waals surface area (Å²) in [7, 11) is 0. The summed E-state index contributed by atoms with van der Waals surface area (Å²) in [5, 5.41) is 0. The van der Waals surface area contributed by atoms with Gasteiger partial charge in [-0.3, -0.25) is 0 Å². The summed E-state index contributed by atoms with van der Waals surface area (Å²) in [5.41, 5.74) is -0.0838. The van der Waals surface area contributed by atoms with E-state index in [-0.39, 0.29) is 5.41 Å². The molecule has 0 aliphatic heterocycles. The molecule has 0 heteroatoms. The third-order valence-electron chi connectivity index (χ3n) is 1.91. The maximum Gasteiger partial charge on any atom is 0.0420 e.